The highest BCUT2D eigenvalue weighted by molar-refractivity contribution is 9.10. The van der Waals surface area contributed by atoms with Crippen molar-refractivity contribution >= 4 is 90.7 Å². The van der Waals surface area contributed by atoms with Crippen LogP contribution in [0.5, 0.6) is 0 Å². The zero-order valence-corrected chi connectivity index (χ0v) is 21.8. The van der Waals surface area contributed by atoms with Crippen molar-refractivity contribution in [2.24, 2.45) is 0 Å². The van der Waals surface area contributed by atoms with Gasteiger partial charge in [-0.3, -0.25) is 19.8 Å². The number of anilines is 2. The molecule has 3 amide bonds. The largest absolute Gasteiger partial charge is 0.328 e. The summed E-state index contributed by atoms with van der Waals surface area (Å²) in [6.45, 7) is 1.82. The van der Waals surface area contributed by atoms with Crippen LogP contribution < -0.4 is 16.1 Å². The molecule has 1 heterocycles. The smallest absolute Gasteiger partial charge is 0.321 e. The van der Waals surface area contributed by atoms with Crippen LogP contribution in [0.4, 0.5) is 11.4 Å². The first-order valence-electron chi connectivity index (χ1n) is 10.1. The van der Waals surface area contributed by atoms with Gasteiger partial charge in [0, 0.05) is 26.3 Å². The first-order valence-corrected chi connectivity index (χ1v) is 12.0. The number of rotatable bonds is 4. The fourth-order valence-electron chi connectivity index (χ4n) is 3.25. The Morgan fingerprint density at radius 2 is 1.46 bits per heavy atom. The minimum absolute atomic E-state index is 0.0868. The van der Waals surface area contributed by atoms with E-state index >= 15 is 0 Å². The second-order valence-corrected chi connectivity index (χ2v) is 9.65. The van der Waals surface area contributed by atoms with Crippen LogP contribution in [0.1, 0.15) is 16.1 Å². The number of fused-ring (bicyclic) bond motifs is 1. The lowest BCUT2D eigenvalue weighted by Gasteiger charge is -2.13. The standard InChI is InChI=1S/C24H16BrCl3N4O3/c1-12-2-4-15(10-18(12)27)30-23(34)24(35)31-32-20-7-3-14(25)8-13(20)9-21(32)22(33)29-16-5-6-17(26)19(28)11-16/h2-11H,1H3,(H,29,33)(H,30,34)(H,31,35). The lowest BCUT2D eigenvalue weighted by Crippen LogP contribution is -2.36. The van der Waals surface area contributed by atoms with Gasteiger partial charge in [-0.2, -0.15) is 0 Å². The maximum absolute atomic E-state index is 13.1. The third kappa shape index (κ3) is 5.62. The Hall–Kier alpha value is -3.04. The number of nitrogens with one attached hydrogen (secondary N) is 3. The van der Waals surface area contributed by atoms with Gasteiger partial charge >= 0.3 is 11.8 Å². The maximum Gasteiger partial charge on any atom is 0.328 e. The van der Waals surface area contributed by atoms with Gasteiger partial charge in [-0.1, -0.05) is 56.8 Å². The van der Waals surface area contributed by atoms with E-state index in [9.17, 15) is 14.4 Å². The van der Waals surface area contributed by atoms with E-state index in [1.165, 1.54) is 10.7 Å². The normalized spacial score (nSPS) is 10.8. The summed E-state index contributed by atoms with van der Waals surface area (Å²) in [5.41, 5.74) is 4.69. The molecule has 0 spiro atoms. The van der Waals surface area contributed by atoms with Crippen LogP contribution in [0.3, 0.4) is 0 Å². The number of amides is 3. The Labute approximate surface area is 223 Å². The van der Waals surface area contributed by atoms with Crippen LogP contribution in [0.25, 0.3) is 10.9 Å². The van der Waals surface area contributed by atoms with E-state index in [0.29, 0.717) is 32.3 Å². The molecule has 0 aliphatic rings. The van der Waals surface area contributed by atoms with Gasteiger partial charge in [0.25, 0.3) is 5.91 Å². The molecule has 0 bridgehead atoms. The lowest BCUT2D eigenvalue weighted by molar-refractivity contribution is -0.133. The van der Waals surface area contributed by atoms with E-state index < -0.39 is 17.7 Å². The second-order valence-electron chi connectivity index (χ2n) is 7.51. The summed E-state index contributed by atoms with van der Waals surface area (Å²) in [6, 6.07) is 16.4. The topological polar surface area (TPSA) is 92.2 Å². The first-order chi connectivity index (χ1) is 16.6. The molecule has 0 saturated heterocycles. The predicted molar refractivity (Wildman–Crippen MR) is 143 cm³/mol. The summed E-state index contributed by atoms with van der Waals surface area (Å²) in [7, 11) is 0. The quantitative estimate of drug-likeness (QED) is 0.232. The Morgan fingerprint density at radius 3 is 2.17 bits per heavy atom. The Balaban J connectivity index is 1.62. The minimum Gasteiger partial charge on any atom is -0.321 e. The fourth-order valence-corrected chi connectivity index (χ4v) is 4.11. The van der Waals surface area contributed by atoms with Crippen molar-refractivity contribution in [1.82, 2.24) is 4.68 Å². The van der Waals surface area contributed by atoms with E-state index in [2.05, 4.69) is 32.0 Å². The van der Waals surface area contributed by atoms with Crippen LogP contribution >= 0.6 is 50.7 Å². The number of nitrogens with zero attached hydrogens (tertiary/aromatic N) is 1. The van der Waals surface area contributed by atoms with Gasteiger partial charge in [0.05, 0.1) is 15.6 Å². The number of hydrogen-bond donors (Lipinski definition) is 3. The number of benzene rings is 3. The van der Waals surface area contributed by atoms with Crippen LogP contribution in [0.15, 0.2) is 65.1 Å². The van der Waals surface area contributed by atoms with E-state index in [-0.39, 0.29) is 10.7 Å². The molecule has 178 valence electrons. The Morgan fingerprint density at radius 1 is 0.771 bits per heavy atom. The highest BCUT2D eigenvalue weighted by Crippen LogP contribution is 2.27. The molecule has 0 radical (unpaired) electrons. The third-order valence-corrected chi connectivity index (χ3v) is 6.66. The number of hydrogen-bond acceptors (Lipinski definition) is 3. The summed E-state index contributed by atoms with van der Waals surface area (Å²) < 4.78 is 2.03. The Kier molecular flexibility index (Phi) is 7.37. The molecule has 0 aliphatic heterocycles. The van der Waals surface area contributed by atoms with Crippen molar-refractivity contribution in [1.29, 1.82) is 0 Å². The van der Waals surface area contributed by atoms with Gasteiger partial charge in [-0.05, 0) is 67.1 Å². The molecule has 3 N–H and O–H groups in total. The molecule has 0 unspecified atom stereocenters. The maximum atomic E-state index is 13.1. The van der Waals surface area contributed by atoms with Gasteiger partial charge in [0.15, 0.2) is 0 Å². The summed E-state index contributed by atoms with van der Waals surface area (Å²) >= 11 is 21.5. The number of aryl methyl sites for hydroxylation is 1. The zero-order valence-electron chi connectivity index (χ0n) is 18.0. The molecular formula is C24H16BrCl3N4O3. The number of halogens is 4. The van der Waals surface area contributed by atoms with E-state index in [4.69, 9.17) is 34.8 Å². The number of aromatic nitrogens is 1. The van der Waals surface area contributed by atoms with Crippen LogP contribution in [0.2, 0.25) is 15.1 Å². The zero-order chi connectivity index (χ0) is 25.3. The van der Waals surface area contributed by atoms with Crippen molar-refractivity contribution in [3.05, 3.63) is 91.5 Å². The van der Waals surface area contributed by atoms with E-state index in [1.54, 1.807) is 54.6 Å². The molecule has 0 saturated carbocycles. The molecule has 4 aromatic rings. The fraction of sp³-hybridized carbons (Fsp3) is 0.0417. The molecule has 0 fully saturated rings. The molecule has 0 aliphatic carbocycles. The SMILES string of the molecule is Cc1ccc(NC(=O)C(=O)Nn2c(C(=O)Nc3ccc(Cl)c(Cl)c3)cc3cc(Br)ccc32)cc1Cl. The second kappa shape index (κ2) is 10.3. The van der Waals surface area contributed by atoms with Crippen molar-refractivity contribution < 1.29 is 14.4 Å². The van der Waals surface area contributed by atoms with Gasteiger partial charge < -0.3 is 10.6 Å². The predicted octanol–water partition coefficient (Wildman–Crippen LogP) is 6.63. The molecule has 11 heteroatoms. The molecule has 7 nitrogen and oxygen atoms in total. The summed E-state index contributed by atoms with van der Waals surface area (Å²) in [5.74, 6) is -2.45. The average molecular weight is 595 g/mol. The van der Waals surface area contributed by atoms with Crippen molar-refractivity contribution in [3.8, 4) is 0 Å². The van der Waals surface area contributed by atoms with Crippen LogP contribution in [-0.2, 0) is 9.59 Å². The van der Waals surface area contributed by atoms with Crippen LogP contribution in [-0.4, -0.2) is 22.4 Å². The van der Waals surface area contributed by atoms with Gasteiger partial charge in [0.2, 0.25) is 0 Å². The molecule has 0 atom stereocenters. The first kappa shape index (κ1) is 25.1. The van der Waals surface area contributed by atoms with Gasteiger partial charge in [-0.15, -0.1) is 0 Å². The van der Waals surface area contributed by atoms with E-state index in [1.807, 2.05) is 6.92 Å². The molecule has 1 aromatic heterocycles. The number of carbonyl (C=O) groups is 3. The summed E-state index contributed by atoms with van der Waals surface area (Å²) in [5, 5.41) is 6.94. The van der Waals surface area contributed by atoms with Crippen LogP contribution in [0, 0.1) is 6.92 Å². The Bertz CT molecular complexity index is 1500. The number of carbonyl (C=O) groups excluding carboxylic acids is 3. The highest BCUT2D eigenvalue weighted by atomic mass is 79.9. The molecule has 3 aromatic carbocycles. The van der Waals surface area contributed by atoms with Crippen molar-refractivity contribution in [3.63, 3.8) is 0 Å². The third-order valence-electron chi connectivity index (χ3n) is 5.02. The molecule has 4 rings (SSSR count). The minimum atomic E-state index is -0.981. The van der Waals surface area contributed by atoms with Gasteiger partial charge in [-0.25, -0.2) is 4.68 Å². The van der Waals surface area contributed by atoms with Crippen molar-refractivity contribution in [2.75, 3.05) is 16.1 Å². The van der Waals surface area contributed by atoms with Crippen molar-refractivity contribution in [2.45, 2.75) is 6.92 Å². The monoisotopic (exact) mass is 592 g/mol. The van der Waals surface area contributed by atoms with E-state index in [0.717, 1.165) is 10.0 Å². The molecular weight excluding hydrogens is 579 g/mol. The van der Waals surface area contributed by atoms with Gasteiger partial charge in [0.1, 0.15) is 5.69 Å². The highest BCUT2D eigenvalue weighted by Gasteiger charge is 2.21. The summed E-state index contributed by atoms with van der Waals surface area (Å²) in [4.78, 5) is 38.4. The summed E-state index contributed by atoms with van der Waals surface area (Å²) in [6.07, 6.45) is 0. The molecule has 35 heavy (non-hydrogen) atoms. The average Bonchev–Trinajstić information content (AvgIpc) is 3.16. The lowest BCUT2D eigenvalue weighted by atomic mass is 10.2.